The van der Waals surface area contributed by atoms with Crippen molar-refractivity contribution >= 4 is 0 Å². The van der Waals surface area contributed by atoms with Crippen LogP contribution in [0.15, 0.2) is 0 Å². The van der Waals surface area contributed by atoms with Gasteiger partial charge in [-0.2, -0.15) is 0 Å². The Kier molecular flexibility index (Phi) is 12.2. The average molecular weight is 345 g/mol. The van der Waals surface area contributed by atoms with Crippen LogP contribution in [0.3, 0.4) is 0 Å². The Morgan fingerprint density at radius 1 is 1.04 bits per heavy atom. The van der Waals surface area contributed by atoms with Gasteiger partial charge in [0.05, 0.1) is 6.61 Å². The predicted molar refractivity (Wildman–Crippen MR) is 105 cm³/mol. The van der Waals surface area contributed by atoms with Gasteiger partial charge in [0.25, 0.3) is 0 Å². The molecule has 3 aliphatic rings. The van der Waals surface area contributed by atoms with Gasteiger partial charge in [-0.3, -0.25) is 0 Å². The van der Waals surface area contributed by atoms with E-state index in [0.717, 1.165) is 13.2 Å². The van der Waals surface area contributed by atoms with E-state index in [1.54, 1.807) is 7.11 Å². The van der Waals surface area contributed by atoms with Crippen molar-refractivity contribution in [2.24, 2.45) is 5.41 Å². The van der Waals surface area contributed by atoms with Crippen LogP contribution in [-0.4, -0.2) is 74.5 Å². The van der Waals surface area contributed by atoms with Gasteiger partial charge < -0.3 is 19.6 Å². The SMILES string of the molecule is CC.CCC.COCC1(N(C)C)CC1.OCC1(CN2CCC2)CC1. The summed E-state index contributed by atoms with van der Waals surface area (Å²) in [7, 11) is 6.00. The molecule has 24 heavy (non-hydrogen) atoms. The summed E-state index contributed by atoms with van der Waals surface area (Å²) in [6.07, 6.45) is 7.71. The van der Waals surface area contributed by atoms with Gasteiger partial charge in [-0.15, -0.1) is 0 Å². The Labute approximate surface area is 151 Å². The molecule has 0 aromatic heterocycles. The van der Waals surface area contributed by atoms with Crippen LogP contribution in [0, 0.1) is 5.41 Å². The zero-order chi connectivity index (χ0) is 18.6. The number of likely N-dealkylation sites (N-methyl/N-ethyl adjacent to an activating group) is 1. The van der Waals surface area contributed by atoms with Crippen molar-refractivity contribution in [3.8, 4) is 0 Å². The molecule has 146 valence electrons. The lowest BCUT2D eigenvalue weighted by molar-refractivity contribution is 0.106. The van der Waals surface area contributed by atoms with Crippen LogP contribution >= 0.6 is 0 Å². The maximum atomic E-state index is 9.00. The van der Waals surface area contributed by atoms with E-state index in [9.17, 15) is 0 Å². The first-order valence-electron chi connectivity index (χ1n) is 9.97. The first kappa shape index (κ1) is 23.8. The molecule has 0 radical (unpaired) electrons. The quantitative estimate of drug-likeness (QED) is 0.798. The molecular weight excluding hydrogens is 300 g/mol. The van der Waals surface area contributed by atoms with E-state index < -0.39 is 0 Å². The van der Waals surface area contributed by atoms with Crippen LogP contribution in [0.4, 0.5) is 0 Å². The fraction of sp³-hybridized carbons (Fsp3) is 1.00. The summed E-state index contributed by atoms with van der Waals surface area (Å²) in [4.78, 5) is 4.71. The average Bonchev–Trinajstić information content (AvgIpc) is 3.44. The smallest absolute Gasteiger partial charge is 0.0646 e. The van der Waals surface area contributed by atoms with Gasteiger partial charge in [0.2, 0.25) is 0 Å². The first-order chi connectivity index (χ1) is 11.5. The van der Waals surface area contributed by atoms with Crippen molar-refractivity contribution in [1.29, 1.82) is 0 Å². The van der Waals surface area contributed by atoms with Gasteiger partial charge in [-0.1, -0.05) is 34.1 Å². The van der Waals surface area contributed by atoms with E-state index in [-0.39, 0.29) is 0 Å². The van der Waals surface area contributed by atoms with Gasteiger partial charge in [0, 0.05) is 31.2 Å². The van der Waals surface area contributed by atoms with E-state index >= 15 is 0 Å². The minimum Gasteiger partial charge on any atom is -0.396 e. The molecule has 0 aromatic rings. The standard InChI is InChI=1S/C8H15NO.C7H15NO.C3H8.C2H6/c10-7-8(2-3-8)6-9-4-1-5-9;1-8(2)7(4-5-7)6-9-3;1-3-2;1-2/h10H,1-7H2;4-6H2,1-3H3;3H2,1-2H3;1-2H3. The molecule has 2 aliphatic carbocycles. The highest BCUT2D eigenvalue weighted by Gasteiger charge is 2.44. The molecule has 1 saturated heterocycles. The lowest BCUT2D eigenvalue weighted by Crippen LogP contribution is -2.41. The molecule has 4 nitrogen and oxygen atoms in total. The number of methoxy groups -OCH3 is 1. The second-order valence-corrected chi connectivity index (χ2v) is 7.55. The second kappa shape index (κ2) is 12.2. The molecule has 0 amide bonds. The van der Waals surface area contributed by atoms with Gasteiger partial charge in [0.1, 0.15) is 0 Å². The molecule has 0 aromatic carbocycles. The summed E-state index contributed by atoms with van der Waals surface area (Å²) in [5.74, 6) is 0. The minimum absolute atomic E-state index is 0.348. The van der Waals surface area contributed by atoms with Gasteiger partial charge >= 0.3 is 0 Å². The van der Waals surface area contributed by atoms with Gasteiger partial charge in [0.15, 0.2) is 0 Å². The summed E-state index contributed by atoms with van der Waals surface area (Å²) in [6, 6.07) is 0. The Morgan fingerprint density at radius 3 is 1.71 bits per heavy atom. The Morgan fingerprint density at radius 2 is 1.54 bits per heavy atom. The Bertz CT molecular complexity index is 296. The molecule has 0 bridgehead atoms. The van der Waals surface area contributed by atoms with Crippen molar-refractivity contribution in [3.05, 3.63) is 0 Å². The highest BCUT2D eigenvalue weighted by atomic mass is 16.5. The predicted octanol–water partition coefficient (Wildman–Crippen LogP) is 3.63. The molecule has 0 unspecified atom stereocenters. The van der Waals surface area contributed by atoms with Crippen LogP contribution < -0.4 is 0 Å². The second-order valence-electron chi connectivity index (χ2n) is 7.55. The molecule has 1 heterocycles. The Balaban J connectivity index is 0.000000351. The van der Waals surface area contributed by atoms with Crippen LogP contribution in [0.2, 0.25) is 0 Å². The van der Waals surface area contributed by atoms with Gasteiger partial charge in [-0.25, -0.2) is 0 Å². The number of hydrogen-bond donors (Lipinski definition) is 1. The highest BCUT2D eigenvalue weighted by molar-refractivity contribution is 5.01. The highest BCUT2D eigenvalue weighted by Crippen LogP contribution is 2.46. The zero-order valence-electron chi connectivity index (χ0n) is 17.5. The van der Waals surface area contributed by atoms with Crippen LogP contribution in [-0.2, 0) is 4.74 Å². The summed E-state index contributed by atoms with van der Waals surface area (Å²) in [5.41, 5.74) is 0.759. The fourth-order valence-corrected chi connectivity index (χ4v) is 2.69. The zero-order valence-corrected chi connectivity index (χ0v) is 17.5. The van der Waals surface area contributed by atoms with Crippen LogP contribution in [0.25, 0.3) is 0 Å². The largest absolute Gasteiger partial charge is 0.396 e. The molecule has 1 aliphatic heterocycles. The fourth-order valence-electron chi connectivity index (χ4n) is 2.69. The summed E-state index contributed by atoms with van der Waals surface area (Å²) < 4.78 is 5.09. The third-order valence-electron chi connectivity index (χ3n) is 4.99. The summed E-state index contributed by atoms with van der Waals surface area (Å²) >= 11 is 0. The number of hydrogen-bond acceptors (Lipinski definition) is 4. The normalized spacial score (nSPS) is 21.9. The van der Waals surface area contributed by atoms with Crippen LogP contribution in [0.1, 0.15) is 66.2 Å². The van der Waals surface area contributed by atoms with Crippen molar-refractivity contribution in [3.63, 3.8) is 0 Å². The lowest BCUT2D eigenvalue weighted by atomic mass is 10.1. The molecule has 0 atom stereocenters. The third kappa shape index (κ3) is 8.28. The Hall–Kier alpha value is -0.160. The molecular formula is C20H44N2O2. The summed E-state index contributed by atoms with van der Waals surface area (Å²) in [6.45, 7) is 13.2. The number of likely N-dealkylation sites (tertiary alicyclic amines) is 1. The van der Waals surface area contributed by atoms with Crippen molar-refractivity contribution < 1.29 is 9.84 Å². The van der Waals surface area contributed by atoms with E-state index in [1.807, 2.05) is 13.8 Å². The van der Waals surface area contributed by atoms with Crippen molar-refractivity contribution in [2.75, 3.05) is 54.1 Å². The number of aliphatic hydroxyl groups excluding tert-OH is 1. The molecule has 0 spiro atoms. The van der Waals surface area contributed by atoms with E-state index in [4.69, 9.17) is 9.84 Å². The number of aliphatic hydroxyl groups is 1. The molecule has 1 N–H and O–H groups in total. The minimum atomic E-state index is 0.348. The molecule has 3 rings (SSSR count). The lowest BCUT2D eigenvalue weighted by Gasteiger charge is -2.33. The monoisotopic (exact) mass is 344 g/mol. The first-order valence-corrected chi connectivity index (χ1v) is 9.97. The van der Waals surface area contributed by atoms with Crippen LogP contribution in [0.5, 0.6) is 0 Å². The third-order valence-corrected chi connectivity index (χ3v) is 4.99. The molecule has 2 saturated carbocycles. The molecule has 4 heteroatoms. The van der Waals surface area contributed by atoms with E-state index in [0.29, 0.717) is 17.6 Å². The number of ether oxygens (including phenoxy) is 1. The number of nitrogens with zero attached hydrogens (tertiary/aromatic N) is 2. The van der Waals surface area contributed by atoms with E-state index in [1.165, 1.54) is 51.6 Å². The van der Waals surface area contributed by atoms with E-state index in [2.05, 4.69) is 37.7 Å². The number of rotatable bonds is 6. The van der Waals surface area contributed by atoms with Crippen molar-refractivity contribution in [2.45, 2.75) is 71.8 Å². The molecule has 3 fully saturated rings. The summed E-state index contributed by atoms with van der Waals surface area (Å²) in [5, 5.41) is 9.00. The van der Waals surface area contributed by atoms with Gasteiger partial charge in [-0.05, 0) is 59.3 Å². The van der Waals surface area contributed by atoms with Crippen molar-refractivity contribution in [1.82, 2.24) is 9.80 Å². The maximum Gasteiger partial charge on any atom is 0.0646 e. The maximum absolute atomic E-state index is 9.00. The topological polar surface area (TPSA) is 35.9 Å².